The molecule has 1 fully saturated rings. The summed E-state index contributed by atoms with van der Waals surface area (Å²) in [5.41, 5.74) is 5.52. The summed E-state index contributed by atoms with van der Waals surface area (Å²) < 4.78 is 5.53. The first-order chi connectivity index (χ1) is 7.65. The van der Waals surface area contributed by atoms with Crippen molar-refractivity contribution in [3.8, 4) is 0 Å². The number of nitrogens with zero attached hydrogens (tertiary/aromatic N) is 1. The number of oxime groups is 1. The van der Waals surface area contributed by atoms with E-state index in [9.17, 15) is 0 Å². The van der Waals surface area contributed by atoms with Crippen LogP contribution in [-0.4, -0.2) is 36.3 Å². The van der Waals surface area contributed by atoms with Gasteiger partial charge in [0.25, 0.3) is 0 Å². The van der Waals surface area contributed by atoms with E-state index >= 15 is 0 Å². The second kappa shape index (κ2) is 6.06. The van der Waals surface area contributed by atoms with Crippen molar-refractivity contribution in [3.05, 3.63) is 0 Å². The van der Waals surface area contributed by atoms with Crippen LogP contribution in [-0.2, 0) is 4.74 Å². The second-order valence-electron chi connectivity index (χ2n) is 4.52. The summed E-state index contributed by atoms with van der Waals surface area (Å²) in [5.74, 6) is 0.277. The lowest BCUT2D eigenvalue weighted by Gasteiger charge is -2.41. The highest BCUT2D eigenvalue weighted by Crippen LogP contribution is 2.34. The van der Waals surface area contributed by atoms with Crippen LogP contribution in [0, 0.1) is 0 Å². The van der Waals surface area contributed by atoms with E-state index < -0.39 is 0 Å². The average Bonchev–Trinajstić information content (AvgIpc) is 2.26. The van der Waals surface area contributed by atoms with Crippen molar-refractivity contribution < 1.29 is 9.94 Å². The Bertz CT molecular complexity index is 234. The first-order valence-electron chi connectivity index (χ1n) is 5.90. The molecular weight excluding hydrogens is 206 g/mol. The van der Waals surface area contributed by atoms with Crippen LogP contribution < -0.4 is 11.1 Å². The Kier molecular flexibility index (Phi) is 5.02. The molecule has 0 amide bonds. The zero-order chi connectivity index (χ0) is 12.0. The summed E-state index contributed by atoms with van der Waals surface area (Å²) in [5, 5.41) is 15.0. The number of rotatable bonds is 7. The number of ether oxygens (including phenoxy) is 1. The van der Waals surface area contributed by atoms with E-state index in [1.54, 1.807) is 7.11 Å². The van der Waals surface area contributed by atoms with Crippen molar-refractivity contribution in [2.75, 3.05) is 13.7 Å². The van der Waals surface area contributed by atoms with Crippen molar-refractivity contribution in [1.82, 2.24) is 5.32 Å². The first-order valence-corrected chi connectivity index (χ1v) is 5.90. The van der Waals surface area contributed by atoms with Crippen molar-refractivity contribution in [3.63, 3.8) is 0 Å². The molecule has 0 aromatic heterocycles. The molecule has 1 saturated carbocycles. The topological polar surface area (TPSA) is 79.9 Å². The van der Waals surface area contributed by atoms with E-state index in [1.165, 1.54) is 6.42 Å². The zero-order valence-corrected chi connectivity index (χ0v) is 10.2. The third-order valence-corrected chi connectivity index (χ3v) is 3.49. The van der Waals surface area contributed by atoms with E-state index in [0.717, 1.165) is 25.8 Å². The second-order valence-corrected chi connectivity index (χ2v) is 4.52. The monoisotopic (exact) mass is 229 g/mol. The molecule has 0 saturated heterocycles. The summed E-state index contributed by atoms with van der Waals surface area (Å²) in [7, 11) is 1.77. The van der Waals surface area contributed by atoms with Crippen LogP contribution >= 0.6 is 0 Å². The normalized spacial score (nSPS) is 21.5. The van der Waals surface area contributed by atoms with Gasteiger partial charge in [-0.05, 0) is 25.7 Å². The van der Waals surface area contributed by atoms with Gasteiger partial charge in [-0.2, -0.15) is 0 Å². The van der Waals surface area contributed by atoms with E-state index in [4.69, 9.17) is 15.7 Å². The van der Waals surface area contributed by atoms with Gasteiger partial charge < -0.3 is 21.0 Å². The molecule has 1 aliphatic carbocycles. The smallest absolute Gasteiger partial charge is 0.140 e. The Labute approximate surface area is 97.0 Å². The predicted octanol–water partition coefficient (Wildman–Crippen LogP) is 1.06. The van der Waals surface area contributed by atoms with Crippen LogP contribution in [0.4, 0.5) is 0 Å². The van der Waals surface area contributed by atoms with Gasteiger partial charge in [-0.1, -0.05) is 12.1 Å². The number of nitrogens with one attached hydrogen (secondary N) is 1. The summed E-state index contributed by atoms with van der Waals surface area (Å²) in [4.78, 5) is 0. The minimum absolute atomic E-state index is 0.0263. The van der Waals surface area contributed by atoms with Crippen molar-refractivity contribution in [1.29, 1.82) is 0 Å². The van der Waals surface area contributed by atoms with Gasteiger partial charge in [-0.15, -0.1) is 0 Å². The molecule has 0 aromatic rings. The minimum Gasteiger partial charge on any atom is -0.409 e. The summed E-state index contributed by atoms with van der Waals surface area (Å²) in [6.45, 7) is 2.93. The van der Waals surface area contributed by atoms with Gasteiger partial charge in [0, 0.05) is 26.1 Å². The molecule has 1 unspecified atom stereocenters. The summed E-state index contributed by atoms with van der Waals surface area (Å²) >= 11 is 0. The third kappa shape index (κ3) is 3.35. The molecule has 1 aliphatic rings. The maximum atomic E-state index is 8.52. The molecule has 0 heterocycles. The molecule has 4 N–H and O–H groups in total. The fourth-order valence-electron chi connectivity index (χ4n) is 2.01. The van der Waals surface area contributed by atoms with Gasteiger partial charge in [0.2, 0.25) is 0 Å². The quantitative estimate of drug-likeness (QED) is 0.264. The van der Waals surface area contributed by atoms with Gasteiger partial charge in [-0.3, -0.25) is 0 Å². The highest BCUT2D eigenvalue weighted by atomic mass is 16.5. The SMILES string of the molecule is CCC(CC(N)=NO)NCC1(OC)CCC1. The molecule has 0 spiro atoms. The van der Waals surface area contributed by atoms with Crippen LogP contribution in [0.1, 0.15) is 39.0 Å². The molecule has 0 radical (unpaired) electrons. The molecule has 1 atom stereocenters. The molecule has 0 aromatic carbocycles. The molecular formula is C11H23N3O2. The van der Waals surface area contributed by atoms with Crippen LogP contribution in [0.25, 0.3) is 0 Å². The molecule has 5 heteroatoms. The number of amidine groups is 1. The molecule has 0 aliphatic heterocycles. The van der Waals surface area contributed by atoms with E-state index in [1.807, 2.05) is 0 Å². The van der Waals surface area contributed by atoms with E-state index in [-0.39, 0.29) is 17.5 Å². The highest BCUT2D eigenvalue weighted by Gasteiger charge is 2.36. The van der Waals surface area contributed by atoms with Crippen LogP contribution in [0.5, 0.6) is 0 Å². The molecule has 5 nitrogen and oxygen atoms in total. The van der Waals surface area contributed by atoms with Crippen LogP contribution in [0.2, 0.25) is 0 Å². The van der Waals surface area contributed by atoms with Crippen molar-refractivity contribution >= 4 is 5.84 Å². The molecule has 1 rings (SSSR count). The van der Waals surface area contributed by atoms with Crippen LogP contribution in [0.15, 0.2) is 5.16 Å². The maximum Gasteiger partial charge on any atom is 0.140 e. The zero-order valence-electron chi connectivity index (χ0n) is 10.2. The summed E-state index contributed by atoms with van der Waals surface area (Å²) in [6, 6.07) is 0.253. The van der Waals surface area contributed by atoms with E-state index in [0.29, 0.717) is 6.42 Å². The van der Waals surface area contributed by atoms with E-state index in [2.05, 4.69) is 17.4 Å². The number of methoxy groups -OCH3 is 1. The fraction of sp³-hybridized carbons (Fsp3) is 0.909. The van der Waals surface area contributed by atoms with Gasteiger partial charge in [0.15, 0.2) is 0 Å². The number of nitrogens with two attached hydrogens (primary N) is 1. The molecule has 0 bridgehead atoms. The lowest BCUT2D eigenvalue weighted by atomic mass is 9.79. The van der Waals surface area contributed by atoms with Crippen molar-refractivity contribution in [2.45, 2.75) is 50.7 Å². The number of hydrogen-bond donors (Lipinski definition) is 3. The minimum atomic E-state index is 0.0263. The summed E-state index contributed by atoms with van der Waals surface area (Å²) in [6.07, 6.45) is 5.02. The standard InChI is InChI=1S/C11H23N3O2/c1-3-9(7-10(12)14-15)13-8-11(16-2)5-4-6-11/h9,13,15H,3-8H2,1-2H3,(H2,12,14). The lowest BCUT2D eigenvalue weighted by Crippen LogP contribution is -2.50. The Morgan fingerprint density at radius 2 is 2.31 bits per heavy atom. The van der Waals surface area contributed by atoms with Gasteiger partial charge in [0.1, 0.15) is 5.84 Å². The maximum absolute atomic E-state index is 8.52. The Morgan fingerprint density at radius 1 is 1.62 bits per heavy atom. The van der Waals surface area contributed by atoms with Crippen LogP contribution in [0.3, 0.4) is 0 Å². The first kappa shape index (κ1) is 13.3. The highest BCUT2D eigenvalue weighted by molar-refractivity contribution is 5.80. The largest absolute Gasteiger partial charge is 0.409 e. The Balaban J connectivity index is 2.33. The number of hydrogen-bond acceptors (Lipinski definition) is 4. The van der Waals surface area contributed by atoms with Crippen molar-refractivity contribution in [2.24, 2.45) is 10.9 Å². The lowest BCUT2D eigenvalue weighted by molar-refractivity contribution is -0.0708. The van der Waals surface area contributed by atoms with Gasteiger partial charge in [-0.25, -0.2) is 0 Å². The molecule has 16 heavy (non-hydrogen) atoms. The Morgan fingerprint density at radius 3 is 2.69 bits per heavy atom. The van der Waals surface area contributed by atoms with Gasteiger partial charge >= 0.3 is 0 Å². The Hall–Kier alpha value is -0.810. The molecule has 94 valence electrons. The average molecular weight is 229 g/mol. The van der Waals surface area contributed by atoms with Gasteiger partial charge in [0.05, 0.1) is 5.60 Å². The fourth-order valence-corrected chi connectivity index (χ4v) is 2.01. The third-order valence-electron chi connectivity index (χ3n) is 3.49. The predicted molar refractivity (Wildman–Crippen MR) is 63.7 cm³/mol.